The Hall–Kier alpha value is -2.87. The summed E-state index contributed by atoms with van der Waals surface area (Å²) >= 11 is 1.42. The van der Waals surface area contributed by atoms with E-state index in [-0.39, 0.29) is 24.4 Å². The summed E-state index contributed by atoms with van der Waals surface area (Å²) in [5, 5.41) is 3.08. The molecule has 3 aromatic rings. The molecule has 0 aliphatic rings. The number of hydrogen-bond acceptors (Lipinski definition) is 4. The minimum absolute atomic E-state index is 0.0376. The van der Waals surface area contributed by atoms with E-state index in [1.54, 1.807) is 4.90 Å². The standard InChI is InChI=1S/C19H17F2N3O2S/c1-2-24(19-23-15-5-3-4-6-16(15)27-19)17(25)9-10-22-18(26)13-8-7-12(20)11-14(13)21/h3-8,11H,2,9-10H2,1H3,(H,22,26). The summed E-state index contributed by atoms with van der Waals surface area (Å²) < 4.78 is 27.5. The summed E-state index contributed by atoms with van der Waals surface area (Å²) in [6, 6.07) is 10.3. The highest BCUT2D eigenvalue weighted by Crippen LogP contribution is 2.28. The minimum atomic E-state index is -0.941. The largest absolute Gasteiger partial charge is 0.351 e. The Bertz CT molecular complexity index is 957. The zero-order valence-corrected chi connectivity index (χ0v) is 15.4. The topological polar surface area (TPSA) is 62.3 Å². The van der Waals surface area contributed by atoms with E-state index in [1.807, 2.05) is 31.2 Å². The van der Waals surface area contributed by atoms with Crippen molar-refractivity contribution in [2.45, 2.75) is 13.3 Å². The molecule has 1 heterocycles. The van der Waals surface area contributed by atoms with Crippen LogP contribution in [0.25, 0.3) is 10.2 Å². The Morgan fingerprint density at radius 1 is 1.19 bits per heavy atom. The highest BCUT2D eigenvalue weighted by atomic mass is 32.1. The van der Waals surface area contributed by atoms with E-state index in [4.69, 9.17) is 0 Å². The van der Waals surface area contributed by atoms with Crippen molar-refractivity contribution in [3.63, 3.8) is 0 Å². The number of amides is 2. The lowest BCUT2D eigenvalue weighted by molar-refractivity contribution is -0.118. The quantitative estimate of drug-likeness (QED) is 0.699. The van der Waals surface area contributed by atoms with Crippen molar-refractivity contribution in [2.24, 2.45) is 0 Å². The molecule has 0 aliphatic heterocycles. The van der Waals surface area contributed by atoms with Gasteiger partial charge >= 0.3 is 0 Å². The fourth-order valence-corrected chi connectivity index (χ4v) is 3.63. The van der Waals surface area contributed by atoms with Crippen LogP contribution in [-0.4, -0.2) is 29.9 Å². The third-order valence-corrected chi connectivity index (χ3v) is 4.99. The molecule has 0 bridgehead atoms. The summed E-state index contributed by atoms with van der Waals surface area (Å²) in [5.74, 6) is -2.59. The normalized spacial score (nSPS) is 10.8. The fourth-order valence-electron chi connectivity index (χ4n) is 2.58. The maximum absolute atomic E-state index is 13.6. The third kappa shape index (κ3) is 4.28. The SMILES string of the molecule is CCN(C(=O)CCNC(=O)c1ccc(F)cc1F)c1nc2ccccc2s1. The molecule has 0 aliphatic carbocycles. The van der Waals surface area contributed by atoms with Crippen molar-refractivity contribution < 1.29 is 18.4 Å². The van der Waals surface area contributed by atoms with Gasteiger partial charge in [0.05, 0.1) is 15.8 Å². The van der Waals surface area contributed by atoms with Crippen LogP contribution in [0.3, 0.4) is 0 Å². The van der Waals surface area contributed by atoms with Crippen molar-refractivity contribution >= 4 is 38.5 Å². The molecule has 8 heteroatoms. The van der Waals surface area contributed by atoms with E-state index in [9.17, 15) is 18.4 Å². The first kappa shape index (κ1) is 18.9. The predicted octanol–water partition coefficient (Wildman–Crippen LogP) is 3.75. The van der Waals surface area contributed by atoms with Crippen LogP contribution in [0.2, 0.25) is 0 Å². The molecular formula is C19H17F2N3O2S. The van der Waals surface area contributed by atoms with Gasteiger partial charge in [0.2, 0.25) is 5.91 Å². The lowest BCUT2D eigenvalue weighted by atomic mass is 10.2. The van der Waals surface area contributed by atoms with Crippen LogP contribution in [0.1, 0.15) is 23.7 Å². The van der Waals surface area contributed by atoms with Gasteiger partial charge in [-0.3, -0.25) is 14.5 Å². The molecule has 0 saturated carbocycles. The molecule has 2 amide bonds. The summed E-state index contributed by atoms with van der Waals surface area (Å²) in [6.07, 6.45) is 0.0400. The molecule has 0 spiro atoms. The number of hydrogen-bond donors (Lipinski definition) is 1. The molecule has 3 rings (SSSR count). The Morgan fingerprint density at radius 3 is 2.67 bits per heavy atom. The number of nitrogens with one attached hydrogen (secondary N) is 1. The van der Waals surface area contributed by atoms with E-state index in [0.717, 1.165) is 22.3 Å². The number of benzene rings is 2. The zero-order valence-electron chi connectivity index (χ0n) is 14.5. The molecule has 5 nitrogen and oxygen atoms in total. The van der Waals surface area contributed by atoms with Gasteiger partial charge in [-0.25, -0.2) is 13.8 Å². The lowest BCUT2D eigenvalue weighted by Gasteiger charge is -2.17. The summed E-state index contributed by atoms with van der Waals surface area (Å²) in [4.78, 5) is 30.5. The number of para-hydroxylation sites is 1. The van der Waals surface area contributed by atoms with E-state index in [0.29, 0.717) is 17.7 Å². The first-order valence-corrected chi connectivity index (χ1v) is 9.20. The molecule has 1 aromatic heterocycles. The first-order valence-electron chi connectivity index (χ1n) is 8.38. The Labute approximate surface area is 158 Å². The van der Waals surface area contributed by atoms with Crippen molar-refractivity contribution in [3.05, 3.63) is 59.7 Å². The number of thiazole rings is 1. The van der Waals surface area contributed by atoms with Crippen LogP contribution in [0.5, 0.6) is 0 Å². The van der Waals surface area contributed by atoms with E-state index >= 15 is 0 Å². The molecule has 140 valence electrons. The van der Waals surface area contributed by atoms with E-state index in [2.05, 4.69) is 10.3 Å². The molecule has 0 radical (unpaired) electrons. The van der Waals surface area contributed by atoms with Crippen molar-refractivity contribution in [1.29, 1.82) is 0 Å². The number of anilines is 1. The summed E-state index contributed by atoms with van der Waals surface area (Å²) in [6.45, 7) is 2.32. The molecule has 0 unspecified atom stereocenters. The molecule has 27 heavy (non-hydrogen) atoms. The Morgan fingerprint density at radius 2 is 1.96 bits per heavy atom. The number of aromatic nitrogens is 1. The van der Waals surface area contributed by atoms with Crippen LogP contribution in [0.15, 0.2) is 42.5 Å². The van der Waals surface area contributed by atoms with Gasteiger partial charge in [-0.1, -0.05) is 23.5 Å². The molecule has 0 saturated heterocycles. The van der Waals surface area contributed by atoms with Crippen LogP contribution in [0.4, 0.5) is 13.9 Å². The van der Waals surface area contributed by atoms with Gasteiger partial charge in [-0.2, -0.15) is 0 Å². The number of fused-ring (bicyclic) bond motifs is 1. The maximum Gasteiger partial charge on any atom is 0.254 e. The number of rotatable bonds is 6. The van der Waals surface area contributed by atoms with Gasteiger partial charge in [0.25, 0.3) is 5.91 Å². The van der Waals surface area contributed by atoms with Gasteiger partial charge in [-0.05, 0) is 31.2 Å². The van der Waals surface area contributed by atoms with Crippen molar-refractivity contribution in [2.75, 3.05) is 18.0 Å². The zero-order chi connectivity index (χ0) is 19.4. The monoisotopic (exact) mass is 389 g/mol. The summed E-state index contributed by atoms with van der Waals surface area (Å²) in [7, 11) is 0. The number of halogens is 2. The van der Waals surface area contributed by atoms with Crippen molar-refractivity contribution in [1.82, 2.24) is 10.3 Å². The highest BCUT2D eigenvalue weighted by Gasteiger charge is 2.18. The molecule has 0 atom stereocenters. The van der Waals surface area contributed by atoms with Crippen LogP contribution < -0.4 is 10.2 Å². The second-order valence-corrected chi connectivity index (χ2v) is 6.74. The maximum atomic E-state index is 13.6. The van der Waals surface area contributed by atoms with Gasteiger partial charge in [0.15, 0.2) is 5.13 Å². The Kier molecular flexibility index (Phi) is 5.75. The minimum Gasteiger partial charge on any atom is -0.351 e. The smallest absolute Gasteiger partial charge is 0.254 e. The fraction of sp³-hybridized carbons (Fsp3) is 0.211. The number of carbonyl (C=O) groups excluding carboxylic acids is 2. The molecule has 2 aromatic carbocycles. The van der Waals surface area contributed by atoms with Crippen molar-refractivity contribution in [3.8, 4) is 0 Å². The lowest BCUT2D eigenvalue weighted by Crippen LogP contribution is -2.34. The average Bonchev–Trinajstić information content (AvgIpc) is 3.05. The van der Waals surface area contributed by atoms with Gasteiger partial charge in [0, 0.05) is 25.6 Å². The van der Waals surface area contributed by atoms with E-state index < -0.39 is 17.5 Å². The average molecular weight is 389 g/mol. The second-order valence-electron chi connectivity index (χ2n) is 5.73. The molecular weight excluding hydrogens is 372 g/mol. The number of carbonyl (C=O) groups is 2. The summed E-state index contributed by atoms with van der Waals surface area (Å²) in [5.41, 5.74) is 0.561. The van der Waals surface area contributed by atoms with Crippen LogP contribution in [0, 0.1) is 11.6 Å². The van der Waals surface area contributed by atoms with E-state index in [1.165, 1.54) is 11.3 Å². The van der Waals surface area contributed by atoms with Gasteiger partial charge in [-0.15, -0.1) is 0 Å². The predicted molar refractivity (Wildman–Crippen MR) is 101 cm³/mol. The Balaban J connectivity index is 1.61. The van der Waals surface area contributed by atoms with Gasteiger partial charge < -0.3 is 5.32 Å². The third-order valence-electron chi connectivity index (χ3n) is 3.93. The first-order chi connectivity index (χ1) is 13.0. The van der Waals surface area contributed by atoms with Crippen LogP contribution in [-0.2, 0) is 4.79 Å². The molecule has 1 N–H and O–H groups in total. The molecule has 0 fully saturated rings. The number of nitrogens with zero attached hydrogens (tertiary/aromatic N) is 2. The van der Waals surface area contributed by atoms with Gasteiger partial charge in [0.1, 0.15) is 11.6 Å². The second kappa shape index (κ2) is 8.22. The highest BCUT2D eigenvalue weighted by molar-refractivity contribution is 7.22. The van der Waals surface area contributed by atoms with Crippen LogP contribution >= 0.6 is 11.3 Å².